The van der Waals surface area contributed by atoms with Crippen molar-refractivity contribution in [1.29, 1.82) is 0 Å². The molecule has 106 valence electrons. The fourth-order valence-corrected chi connectivity index (χ4v) is 2.76. The zero-order chi connectivity index (χ0) is 13.0. The third-order valence-corrected chi connectivity index (χ3v) is 4.22. The number of ether oxygens (including phenoxy) is 1. The van der Waals surface area contributed by atoms with Crippen molar-refractivity contribution in [3.8, 4) is 0 Å². The van der Waals surface area contributed by atoms with Crippen LogP contribution in [0.1, 0.15) is 19.8 Å². The molecule has 2 unspecified atom stereocenters. The second kappa shape index (κ2) is 6.30. The van der Waals surface area contributed by atoms with E-state index in [0.717, 1.165) is 52.4 Å². The van der Waals surface area contributed by atoms with Gasteiger partial charge in [-0.05, 0) is 26.3 Å². The van der Waals surface area contributed by atoms with Crippen molar-refractivity contribution in [2.45, 2.75) is 31.4 Å². The molecule has 2 saturated heterocycles. The number of hydrogen-bond donors (Lipinski definition) is 2. The van der Waals surface area contributed by atoms with Gasteiger partial charge in [0.15, 0.2) is 0 Å². The molecule has 2 aliphatic heterocycles. The summed E-state index contributed by atoms with van der Waals surface area (Å²) in [4.78, 5) is 4.99. The zero-order valence-electron chi connectivity index (χ0n) is 11.5. The first-order valence-corrected chi connectivity index (χ1v) is 7.07. The van der Waals surface area contributed by atoms with Gasteiger partial charge in [0.1, 0.15) is 0 Å². The fraction of sp³-hybridized carbons (Fsp3) is 1.00. The standard InChI is InChI=1S/C13H27N3O2/c1-13(17,11-14)3-5-15-4-2-12(10-15)16-6-8-18-9-7-16/h12,17H,2-11,14H2,1H3. The molecule has 0 spiro atoms. The second-order valence-corrected chi connectivity index (χ2v) is 5.84. The van der Waals surface area contributed by atoms with E-state index in [1.165, 1.54) is 6.42 Å². The molecule has 0 bridgehead atoms. The molecule has 5 heteroatoms. The highest BCUT2D eigenvalue weighted by atomic mass is 16.5. The first kappa shape index (κ1) is 14.2. The Morgan fingerprint density at radius 1 is 1.33 bits per heavy atom. The maximum atomic E-state index is 9.92. The van der Waals surface area contributed by atoms with Gasteiger partial charge < -0.3 is 20.5 Å². The average Bonchev–Trinajstić information content (AvgIpc) is 2.86. The molecule has 18 heavy (non-hydrogen) atoms. The highest BCUT2D eigenvalue weighted by Gasteiger charge is 2.29. The summed E-state index contributed by atoms with van der Waals surface area (Å²) in [7, 11) is 0. The highest BCUT2D eigenvalue weighted by Crippen LogP contribution is 2.18. The van der Waals surface area contributed by atoms with Crippen LogP contribution in [-0.4, -0.2) is 79.0 Å². The van der Waals surface area contributed by atoms with Crippen LogP contribution >= 0.6 is 0 Å². The van der Waals surface area contributed by atoms with E-state index in [1.54, 1.807) is 0 Å². The third-order valence-electron chi connectivity index (χ3n) is 4.22. The molecule has 0 radical (unpaired) electrons. The first-order valence-electron chi connectivity index (χ1n) is 7.07. The van der Waals surface area contributed by atoms with Crippen LogP contribution in [0.5, 0.6) is 0 Å². The van der Waals surface area contributed by atoms with Gasteiger partial charge in [0, 0.05) is 38.8 Å². The number of aliphatic hydroxyl groups is 1. The Kier molecular flexibility index (Phi) is 4.98. The minimum Gasteiger partial charge on any atom is -0.389 e. The second-order valence-electron chi connectivity index (χ2n) is 5.84. The predicted octanol–water partition coefficient (Wildman–Crippen LogP) is -0.507. The molecule has 3 N–H and O–H groups in total. The van der Waals surface area contributed by atoms with Crippen molar-refractivity contribution in [2.75, 3.05) is 52.5 Å². The Bertz CT molecular complexity index is 255. The summed E-state index contributed by atoms with van der Waals surface area (Å²) in [5.74, 6) is 0. The third kappa shape index (κ3) is 3.90. The molecule has 2 rings (SSSR count). The van der Waals surface area contributed by atoms with Crippen molar-refractivity contribution >= 4 is 0 Å². The van der Waals surface area contributed by atoms with Gasteiger partial charge in [0.2, 0.25) is 0 Å². The van der Waals surface area contributed by atoms with Crippen LogP contribution in [0.3, 0.4) is 0 Å². The number of rotatable bonds is 5. The molecular weight excluding hydrogens is 230 g/mol. The summed E-state index contributed by atoms with van der Waals surface area (Å²) in [5, 5.41) is 9.92. The van der Waals surface area contributed by atoms with Crippen LogP contribution in [-0.2, 0) is 4.74 Å². The Morgan fingerprint density at radius 2 is 2.06 bits per heavy atom. The molecule has 0 amide bonds. The van der Waals surface area contributed by atoms with Crippen LogP contribution in [0.4, 0.5) is 0 Å². The maximum Gasteiger partial charge on any atom is 0.0753 e. The molecule has 2 fully saturated rings. The number of nitrogens with zero attached hydrogens (tertiary/aromatic N) is 2. The van der Waals surface area contributed by atoms with Gasteiger partial charge in [-0.15, -0.1) is 0 Å². The lowest BCUT2D eigenvalue weighted by molar-refractivity contribution is 0.0171. The van der Waals surface area contributed by atoms with Gasteiger partial charge in [0.25, 0.3) is 0 Å². The van der Waals surface area contributed by atoms with Gasteiger partial charge in [-0.3, -0.25) is 4.90 Å². The van der Waals surface area contributed by atoms with E-state index in [9.17, 15) is 5.11 Å². The van der Waals surface area contributed by atoms with Crippen LogP contribution in [0, 0.1) is 0 Å². The van der Waals surface area contributed by atoms with Crippen molar-refractivity contribution in [3.05, 3.63) is 0 Å². The number of morpholine rings is 1. The van der Waals surface area contributed by atoms with E-state index in [1.807, 2.05) is 6.92 Å². The molecule has 2 aliphatic rings. The Hall–Kier alpha value is -0.200. The summed E-state index contributed by atoms with van der Waals surface area (Å²) < 4.78 is 5.39. The van der Waals surface area contributed by atoms with Gasteiger partial charge in [-0.2, -0.15) is 0 Å². The lowest BCUT2D eigenvalue weighted by Gasteiger charge is -2.32. The van der Waals surface area contributed by atoms with Crippen LogP contribution in [0.25, 0.3) is 0 Å². The zero-order valence-corrected chi connectivity index (χ0v) is 11.5. The number of likely N-dealkylation sites (tertiary alicyclic amines) is 1. The minimum atomic E-state index is -0.711. The van der Waals surface area contributed by atoms with Gasteiger partial charge in [-0.25, -0.2) is 0 Å². The Balaban J connectivity index is 1.71. The van der Waals surface area contributed by atoms with E-state index in [0.29, 0.717) is 12.6 Å². The highest BCUT2D eigenvalue weighted by molar-refractivity contribution is 4.86. The summed E-state index contributed by atoms with van der Waals surface area (Å²) in [6.45, 7) is 9.26. The normalized spacial score (nSPS) is 30.5. The summed E-state index contributed by atoms with van der Waals surface area (Å²) in [5.41, 5.74) is 4.83. The van der Waals surface area contributed by atoms with Crippen molar-refractivity contribution in [1.82, 2.24) is 9.80 Å². The SMILES string of the molecule is CC(O)(CN)CCN1CCC(N2CCOCC2)C1. The van der Waals surface area contributed by atoms with E-state index in [-0.39, 0.29) is 0 Å². The van der Waals surface area contributed by atoms with Gasteiger partial charge in [-0.1, -0.05) is 0 Å². The van der Waals surface area contributed by atoms with E-state index >= 15 is 0 Å². The van der Waals surface area contributed by atoms with Crippen LogP contribution in [0.15, 0.2) is 0 Å². The predicted molar refractivity (Wildman–Crippen MR) is 71.5 cm³/mol. The summed E-state index contributed by atoms with van der Waals surface area (Å²) in [6, 6.07) is 0.678. The Morgan fingerprint density at radius 3 is 2.72 bits per heavy atom. The fourth-order valence-electron chi connectivity index (χ4n) is 2.76. The van der Waals surface area contributed by atoms with Crippen LogP contribution in [0.2, 0.25) is 0 Å². The maximum absolute atomic E-state index is 9.92. The number of hydrogen-bond acceptors (Lipinski definition) is 5. The minimum absolute atomic E-state index is 0.341. The number of nitrogens with two attached hydrogens (primary N) is 1. The smallest absolute Gasteiger partial charge is 0.0753 e. The lowest BCUT2D eigenvalue weighted by Crippen LogP contribution is -2.45. The monoisotopic (exact) mass is 257 g/mol. The average molecular weight is 257 g/mol. The first-order chi connectivity index (χ1) is 8.61. The van der Waals surface area contributed by atoms with E-state index < -0.39 is 5.60 Å². The molecule has 0 aliphatic carbocycles. The molecule has 0 aromatic carbocycles. The van der Waals surface area contributed by atoms with Crippen molar-refractivity contribution in [2.24, 2.45) is 5.73 Å². The molecule has 2 atom stereocenters. The van der Waals surface area contributed by atoms with Gasteiger partial charge >= 0.3 is 0 Å². The quantitative estimate of drug-likeness (QED) is 0.695. The molecular formula is C13H27N3O2. The largest absolute Gasteiger partial charge is 0.389 e. The molecule has 5 nitrogen and oxygen atoms in total. The van der Waals surface area contributed by atoms with Crippen molar-refractivity contribution in [3.63, 3.8) is 0 Å². The molecule has 2 heterocycles. The molecule has 0 saturated carbocycles. The van der Waals surface area contributed by atoms with Gasteiger partial charge in [0.05, 0.1) is 18.8 Å². The topological polar surface area (TPSA) is 62.0 Å². The Labute approximate surface area is 110 Å². The van der Waals surface area contributed by atoms with E-state index in [2.05, 4.69) is 9.80 Å². The van der Waals surface area contributed by atoms with Crippen molar-refractivity contribution < 1.29 is 9.84 Å². The lowest BCUT2D eigenvalue weighted by atomic mass is 10.0. The molecule has 0 aromatic heterocycles. The summed E-state index contributed by atoms with van der Waals surface area (Å²) >= 11 is 0. The van der Waals surface area contributed by atoms with Crippen LogP contribution < -0.4 is 5.73 Å². The summed E-state index contributed by atoms with van der Waals surface area (Å²) in [6.07, 6.45) is 2.00. The van der Waals surface area contributed by atoms with E-state index in [4.69, 9.17) is 10.5 Å². The molecule has 0 aromatic rings.